The van der Waals surface area contributed by atoms with Crippen LogP contribution in [0.1, 0.15) is 6.92 Å². The third kappa shape index (κ3) is 4.04. The van der Waals surface area contributed by atoms with Crippen LogP contribution in [-0.4, -0.2) is 23.0 Å². The van der Waals surface area contributed by atoms with E-state index in [9.17, 15) is 14.4 Å². The molecule has 6 heteroatoms. The predicted molar refractivity (Wildman–Crippen MR) is 39.1 cm³/mol. The van der Waals surface area contributed by atoms with Gasteiger partial charge < -0.3 is 10.8 Å². The maximum atomic E-state index is 10.7. The van der Waals surface area contributed by atoms with E-state index in [0.29, 0.717) is 6.08 Å². The van der Waals surface area contributed by atoms with Gasteiger partial charge in [-0.15, -0.1) is 0 Å². The Bertz CT molecular complexity index is 256. The van der Waals surface area contributed by atoms with Gasteiger partial charge in [0.15, 0.2) is 0 Å². The Morgan fingerprint density at radius 2 is 1.92 bits per heavy atom. The van der Waals surface area contributed by atoms with Crippen LogP contribution >= 0.6 is 0 Å². The van der Waals surface area contributed by atoms with Crippen molar-refractivity contribution in [1.29, 1.82) is 0 Å². The number of rotatable bonds is 2. The SMILES string of the molecule is C/C(=C/C(=O)O)C(=O)NC(N)=O. The monoisotopic (exact) mass is 172 g/mol. The number of urea groups is 1. The van der Waals surface area contributed by atoms with Crippen molar-refractivity contribution in [3.63, 3.8) is 0 Å². The molecule has 0 rings (SSSR count). The minimum absolute atomic E-state index is 0.0960. The number of imide groups is 1. The Hall–Kier alpha value is -1.85. The van der Waals surface area contributed by atoms with Gasteiger partial charge in [0.2, 0.25) is 0 Å². The second-order valence-corrected chi connectivity index (χ2v) is 1.98. The van der Waals surface area contributed by atoms with E-state index < -0.39 is 17.9 Å². The van der Waals surface area contributed by atoms with Gasteiger partial charge in [0, 0.05) is 11.6 Å². The van der Waals surface area contributed by atoms with E-state index in [1.54, 1.807) is 5.32 Å². The molecular weight excluding hydrogens is 164 g/mol. The lowest BCUT2D eigenvalue weighted by Crippen LogP contribution is -2.35. The molecule has 6 nitrogen and oxygen atoms in total. The summed E-state index contributed by atoms with van der Waals surface area (Å²) >= 11 is 0. The predicted octanol–water partition coefficient (Wildman–Crippen LogP) is -0.788. The zero-order chi connectivity index (χ0) is 9.72. The number of aliphatic carboxylic acids is 1. The molecule has 66 valence electrons. The second-order valence-electron chi connectivity index (χ2n) is 1.98. The van der Waals surface area contributed by atoms with Gasteiger partial charge in [-0.1, -0.05) is 0 Å². The minimum atomic E-state index is -1.26. The average Bonchev–Trinajstić information content (AvgIpc) is 1.84. The zero-order valence-electron chi connectivity index (χ0n) is 6.33. The summed E-state index contributed by atoms with van der Waals surface area (Å²) in [6, 6.07) is -1.02. The van der Waals surface area contributed by atoms with Crippen LogP contribution < -0.4 is 11.1 Å². The highest BCUT2D eigenvalue weighted by Gasteiger charge is 2.07. The first-order valence-corrected chi connectivity index (χ1v) is 2.95. The maximum absolute atomic E-state index is 10.7. The topological polar surface area (TPSA) is 109 Å². The van der Waals surface area contributed by atoms with E-state index in [4.69, 9.17) is 5.11 Å². The first kappa shape index (κ1) is 10.2. The third-order valence-electron chi connectivity index (χ3n) is 0.935. The van der Waals surface area contributed by atoms with Crippen LogP contribution in [0.5, 0.6) is 0 Å². The summed E-state index contributed by atoms with van der Waals surface area (Å²) in [6.45, 7) is 1.26. The van der Waals surface area contributed by atoms with Crippen LogP contribution in [0.2, 0.25) is 0 Å². The molecule has 0 spiro atoms. The molecule has 0 saturated heterocycles. The highest BCUT2D eigenvalue weighted by atomic mass is 16.4. The van der Waals surface area contributed by atoms with Gasteiger partial charge in [-0.25, -0.2) is 9.59 Å². The number of primary amides is 1. The van der Waals surface area contributed by atoms with E-state index in [-0.39, 0.29) is 5.57 Å². The van der Waals surface area contributed by atoms with Crippen molar-refractivity contribution in [2.24, 2.45) is 5.73 Å². The van der Waals surface area contributed by atoms with Crippen molar-refractivity contribution in [2.45, 2.75) is 6.92 Å². The smallest absolute Gasteiger partial charge is 0.328 e. The molecule has 0 unspecified atom stereocenters. The van der Waals surface area contributed by atoms with Crippen molar-refractivity contribution in [2.75, 3.05) is 0 Å². The van der Waals surface area contributed by atoms with E-state index in [2.05, 4.69) is 5.73 Å². The van der Waals surface area contributed by atoms with Crippen LogP contribution in [0.25, 0.3) is 0 Å². The Balaban J connectivity index is 4.29. The Morgan fingerprint density at radius 3 is 2.25 bits per heavy atom. The van der Waals surface area contributed by atoms with Crippen LogP contribution in [0.3, 0.4) is 0 Å². The number of carboxylic acids is 1. The quantitative estimate of drug-likeness (QED) is 0.474. The minimum Gasteiger partial charge on any atom is -0.478 e. The first-order chi connectivity index (χ1) is 5.43. The molecular formula is C6H8N2O4. The van der Waals surface area contributed by atoms with Gasteiger partial charge in [-0.3, -0.25) is 10.1 Å². The Kier molecular flexibility index (Phi) is 3.48. The van der Waals surface area contributed by atoms with E-state index in [1.165, 1.54) is 6.92 Å². The highest BCUT2D eigenvalue weighted by molar-refractivity contribution is 6.05. The summed E-state index contributed by atoms with van der Waals surface area (Å²) in [6.07, 6.45) is 0.679. The number of hydrogen-bond donors (Lipinski definition) is 3. The molecule has 0 saturated carbocycles. The molecule has 0 fully saturated rings. The fraction of sp³-hybridized carbons (Fsp3) is 0.167. The van der Waals surface area contributed by atoms with Crippen molar-refractivity contribution in [3.8, 4) is 0 Å². The fourth-order valence-electron chi connectivity index (χ4n) is 0.461. The first-order valence-electron chi connectivity index (χ1n) is 2.95. The van der Waals surface area contributed by atoms with Crippen LogP contribution in [0, 0.1) is 0 Å². The lowest BCUT2D eigenvalue weighted by atomic mass is 10.2. The number of nitrogens with two attached hydrogens (primary N) is 1. The summed E-state index contributed by atoms with van der Waals surface area (Å²) in [5.41, 5.74) is 4.52. The largest absolute Gasteiger partial charge is 0.478 e. The molecule has 0 aliphatic rings. The molecule has 0 aromatic carbocycles. The molecule has 0 aromatic rings. The van der Waals surface area contributed by atoms with Crippen LogP contribution in [0.15, 0.2) is 11.6 Å². The van der Waals surface area contributed by atoms with E-state index >= 15 is 0 Å². The van der Waals surface area contributed by atoms with Crippen molar-refractivity contribution < 1.29 is 19.5 Å². The highest BCUT2D eigenvalue weighted by Crippen LogP contribution is 1.90. The molecule has 3 amide bonds. The third-order valence-corrected chi connectivity index (χ3v) is 0.935. The summed E-state index contributed by atoms with van der Waals surface area (Å²) in [5.74, 6) is -2.07. The number of carboxylic acid groups (broad SMARTS) is 1. The number of carbonyl (C=O) groups excluding carboxylic acids is 2. The molecule has 0 radical (unpaired) electrons. The number of amides is 3. The Labute approximate surface area is 68.0 Å². The standard InChI is InChI=1S/C6H8N2O4/c1-3(2-4(9)10)5(11)8-6(7)12/h2H,1H3,(H,9,10)(H3,7,8,11,12)/b3-2-. The van der Waals surface area contributed by atoms with Gasteiger partial charge in [0.1, 0.15) is 0 Å². The van der Waals surface area contributed by atoms with E-state index in [0.717, 1.165) is 0 Å². The normalized spacial score (nSPS) is 10.6. The number of nitrogens with one attached hydrogen (secondary N) is 1. The zero-order valence-corrected chi connectivity index (χ0v) is 6.33. The van der Waals surface area contributed by atoms with Crippen molar-refractivity contribution in [1.82, 2.24) is 5.32 Å². The lowest BCUT2D eigenvalue weighted by Gasteiger charge is -1.97. The van der Waals surface area contributed by atoms with Crippen molar-refractivity contribution in [3.05, 3.63) is 11.6 Å². The van der Waals surface area contributed by atoms with Gasteiger partial charge in [-0.2, -0.15) is 0 Å². The summed E-state index contributed by atoms with van der Waals surface area (Å²) in [7, 11) is 0. The van der Waals surface area contributed by atoms with Crippen LogP contribution in [0.4, 0.5) is 4.79 Å². The summed E-state index contributed by atoms with van der Waals surface area (Å²) < 4.78 is 0. The molecule has 0 atom stereocenters. The van der Waals surface area contributed by atoms with Gasteiger partial charge in [-0.05, 0) is 6.92 Å². The molecule has 0 aliphatic carbocycles. The van der Waals surface area contributed by atoms with Crippen LogP contribution in [-0.2, 0) is 9.59 Å². The molecule has 12 heavy (non-hydrogen) atoms. The molecule has 0 bridgehead atoms. The van der Waals surface area contributed by atoms with Crippen molar-refractivity contribution >= 4 is 17.9 Å². The number of carbonyl (C=O) groups is 3. The summed E-state index contributed by atoms with van der Waals surface area (Å²) in [4.78, 5) is 30.9. The molecule has 0 aliphatic heterocycles. The fourth-order valence-corrected chi connectivity index (χ4v) is 0.461. The second kappa shape index (κ2) is 4.12. The molecule has 0 heterocycles. The molecule has 4 N–H and O–H groups in total. The van der Waals surface area contributed by atoms with Gasteiger partial charge in [0.05, 0.1) is 0 Å². The van der Waals surface area contributed by atoms with Gasteiger partial charge in [0.25, 0.3) is 5.91 Å². The number of hydrogen-bond acceptors (Lipinski definition) is 3. The van der Waals surface area contributed by atoms with E-state index in [1.807, 2.05) is 0 Å². The average molecular weight is 172 g/mol. The van der Waals surface area contributed by atoms with Gasteiger partial charge >= 0.3 is 12.0 Å². The Morgan fingerprint density at radius 1 is 1.42 bits per heavy atom. The molecule has 0 aromatic heterocycles. The summed E-state index contributed by atoms with van der Waals surface area (Å²) in [5, 5.41) is 9.91. The lowest BCUT2D eigenvalue weighted by molar-refractivity contribution is -0.131. The maximum Gasteiger partial charge on any atom is 0.328 e.